The minimum absolute atomic E-state index is 0.118. The first-order chi connectivity index (χ1) is 11.4. The van der Waals surface area contributed by atoms with Crippen molar-refractivity contribution in [3.05, 3.63) is 12.7 Å². The third-order valence-electron chi connectivity index (χ3n) is 3.50. The Morgan fingerprint density at radius 3 is 2.62 bits per heavy atom. The summed E-state index contributed by atoms with van der Waals surface area (Å²) in [5.41, 5.74) is 0. The van der Waals surface area contributed by atoms with Gasteiger partial charge in [-0.25, -0.2) is 4.79 Å². The molecule has 1 heterocycles. The molecule has 4 N–H and O–H groups in total. The van der Waals surface area contributed by atoms with Crippen molar-refractivity contribution in [3.63, 3.8) is 0 Å². The minimum atomic E-state index is -1.33. The number of hydrogen-bond acceptors (Lipinski definition) is 5. The van der Waals surface area contributed by atoms with Crippen LogP contribution in [0.2, 0.25) is 0 Å². The molecule has 1 aliphatic rings. The van der Waals surface area contributed by atoms with Crippen LogP contribution in [0, 0.1) is 0 Å². The molecule has 24 heavy (non-hydrogen) atoms. The van der Waals surface area contributed by atoms with Crippen LogP contribution in [0.5, 0.6) is 0 Å². The second kappa shape index (κ2) is 9.28. The molecule has 2 unspecified atom stereocenters. The summed E-state index contributed by atoms with van der Waals surface area (Å²) in [5, 5.41) is 14.9. The first-order valence-corrected chi connectivity index (χ1v) is 7.32. The van der Waals surface area contributed by atoms with E-state index in [-0.39, 0.29) is 12.8 Å². The molecule has 1 aliphatic heterocycles. The van der Waals surface area contributed by atoms with E-state index in [1.165, 1.54) is 11.0 Å². The van der Waals surface area contributed by atoms with E-state index < -0.39 is 42.4 Å². The maximum atomic E-state index is 12.3. The maximum Gasteiger partial charge on any atom is 0.405 e. The molecule has 5 amide bonds. The molecule has 1 fully saturated rings. The molecule has 0 aliphatic carbocycles. The van der Waals surface area contributed by atoms with Crippen LogP contribution in [0.1, 0.15) is 19.3 Å². The average Bonchev–Trinajstić information content (AvgIpc) is 3.02. The van der Waals surface area contributed by atoms with Gasteiger partial charge >= 0.3 is 6.09 Å². The fourth-order valence-electron chi connectivity index (χ4n) is 2.42. The van der Waals surface area contributed by atoms with Gasteiger partial charge in [0.25, 0.3) is 0 Å². The Labute approximate surface area is 138 Å². The second-order valence-electron chi connectivity index (χ2n) is 5.12. The van der Waals surface area contributed by atoms with E-state index in [0.29, 0.717) is 19.4 Å². The van der Waals surface area contributed by atoms with E-state index in [9.17, 15) is 24.0 Å². The highest BCUT2D eigenvalue weighted by atomic mass is 16.4. The molecule has 0 bridgehead atoms. The first kappa shape index (κ1) is 19.1. The standard InChI is InChI=1S/C14H20N4O6/c1-2-4-9(12(21)16-8-19)17-13(22)10-5-3-6-18(10)11(20)7-15-14(23)24/h2,8-10,15H,1,3-7H2,(H,17,22)(H,23,24)(H,16,19,21). The number of carboxylic acid groups (broad SMARTS) is 1. The number of rotatable bonds is 8. The molecular weight excluding hydrogens is 320 g/mol. The van der Waals surface area contributed by atoms with Crippen LogP contribution in [0.3, 0.4) is 0 Å². The van der Waals surface area contributed by atoms with Crippen molar-refractivity contribution in [2.45, 2.75) is 31.3 Å². The lowest BCUT2D eigenvalue weighted by Crippen LogP contribution is -2.53. The summed E-state index contributed by atoms with van der Waals surface area (Å²) in [6, 6.07) is -1.76. The Kier molecular flexibility index (Phi) is 7.40. The zero-order valence-corrected chi connectivity index (χ0v) is 13.0. The van der Waals surface area contributed by atoms with Crippen LogP contribution < -0.4 is 16.0 Å². The van der Waals surface area contributed by atoms with Crippen molar-refractivity contribution >= 4 is 30.2 Å². The number of hydrogen-bond donors (Lipinski definition) is 4. The van der Waals surface area contributed by atoms with Crippen molar-refractivity contribution in [2.75, 3.05) is 13.1 Å². The van der Waals surface area contributed by atoms with Gasteiger partial charge in [0.15, 0.2) is 0 Å². The van der Waals surface area contributed by atoms with Gasteiger partial charge in [-0.1, -0.05) is 6.08 Å². The fraction of sp³-hybridized carbons (Fsp3) is 0.500. The number of nitrogens with zero attached hydrogens (tertiary/aromatic N) is 1. The van der Waals surface area contributed by atoms with Crippen molar-refractivity contribution in [1.82, 2.24) is 20.9 Å². The van der Waals surface area contributed by atoms with Crippen molar-refractivity contribution in [1.29, 1.82) is 0 Å². The van der Waals surface area contributed by atoms with Crippen molar-refractivity contribution in [3.8, 4) is 0 Å². The second-order valence-corrected chi connectivity index (χ2v) is 5.12. The molecule has 0 radical (unpaired) electrons. The van der Waals surface area contributed by atoms with E-state index in [1.807, 2.05) is 10.6 Å². The van der Waals surface area contributed by atoms with E-state index in [1.54, 1.807) is 0 Å². The number of carbonyl (C=O) groups is 5. The van der Waals surface area contributed by atoms with Gasteiger partial charge in [-0.3, -0.25) is 24.5 Å². The molecule has 0 aromatic rings. The third-order valence-corrected chi connectivity index (χ3v) is 3.50. The predicted molar refractivity (Wildman–Crippen MR) is 81.7 cm³/mol. The highest BCUT2D eigenvalue weighted by Gasteiger charge is 2.35. The molecule has 0 spiro atoms. The van der Waals surface area contributed by atoms with Gasteiger partial charge in [0, 0.05) is 6.54 Å². The van der Waals surface area contributed by atoms with Crippen LogP contribution in [-0.4, -0.2) is 65.4 Å². The molecule has 0 saturated carbocycles. The van der Waals surface area contributed by atoms with Crippen LogP contribution in [-0.2, 0) is 19.2 Å². The van der Waals surface area contributed by atoms with E-state index in [4.69, 9.17) is 5.11 Å². The van der Waals surface area contributed by atoms with E-state index in [2.05, 4.69) is 11.9 Å². The lowest BCUT2D eigenvalue weighted by molar-refractivity contribution is -0.139. The van der Waals surface area contributed by atoms with Crippen LogP contribution in [0.15, 0.2) is 12.7 Å². The molecule has 1 rings (SSSR count). The lowest BCUT2D eigenvalue weighted by atomic mass is 10.1. The summed E-state index contributed by atoms with van der Waals surface area (Å²) in [4.78, 5) is 58.1. The van der Waals surface area contributed by atoms with E-state index in [0.717, 1.165) is 0 Å². The van der Waals surface area contributed by atoms with Crippen LogP contribution in [0.4, 0.5) is 4.79 Å². The minimum Gasteiger partial charge on any atom is -0.465 e. The Morgan fingerprint density at radius 1 is 1.33 bits per heavy atom. The molecule has 2 atom stereocenters. The molecule has 1 saturated heterocycles. The van der Waals surface area contributed by atoms with Gasteiger partial charge in [0.2, 0.25) is 24.1 Å². The van der Waals surface area contributed by atoms with Gasteiger partial charge in [-0.05, 0) is 19.3 Å². The zero-order valence-electron chi connectivity index (χ0n) is 13.0. The number of likely N-dealkylation sites (tertiary alicyclic amines) is 1. The van der Waals surface area contributed by atoms with Gasteiger partial charge in [-0.2, -0.15) is 0 Å². The maximum absolute atomic E-state index is 12.3. The van der Waals surface area contributed by atoms with Crippen LogP contribution >= 0.6 is 0 Å². The molecule has 10 heteroatoms. The summed E-state index contributed by atoms with van der Waals surface area (Å²) >= 11 is 0. The van der Waals surface area contributed by atoms with Gasteiger partial charge < -0.3 is 20.6 Å². The average molecular weight is 340 g/mol. The van der Waals surface area contributed by atoms with Crippen LogP contribution in [0.25, 0.3) is 0 Å². The number of amides is 5. The smallest absolute Gasteiger partial charge is 0.405 e. The Hall–Kier alpha value is -2.91. The van der Waals surface area contributed by atoms with E-state index >= 15 is 0 Å². The summed E-state index contributed by atoms with van der Waals surface area (Å²) in [6.07, 6.45) is 1.41. The van der Waals surface area contributed by atoms with Crippen molar-refractivity contribution < 1.29 is 29.1 Å². The number of imide groups is 1. The molecular formula is C14H20N4O6. The Balaban J connectivity index is 2.70. The quantitative estimate of drug-likeness (QED) is 0.315. The normalized spacial score (nSPS) is 17.5. The van der Waals surface area contributed by atoms with Gasteiger partial charge in [0.05, 0.1) is 0 Å². The highest BCUT2D eigenvalue weighted by Crippen LogP contribution is 2.17. The molecule has 132 valence electrons. The number of nitrogens with one attached hydrogen (secondary N) is 3. The Morgan fingerprint density at radius 2 is 2.04 bits per heavy atom. The third kappa shape index (κ3) is 5.38. The zero-order chi connectivity index (χ0) is 18.1. The summed E-state index contributed by atoms with van der Waals surface area (Å²) in [7, 11) is 0. The molecule has 10 nitrogen and oxygen atoms in total. The monoisotopic (exact) mass is 340 g/mol. The summed E-state index contributed by atoms with van der Waals surface area (Å²) < 4.78 is 0. The Bertz CT molecular complexity index is 535. The van der Waals surface area contributed by atoms with Gasteiger partial charge in [0.1, 0.15) is 18.6 Å². The SMILES string of the molecule is C=CCC(NC(=O)C1CCCN1C(=O)CNC(=O)O)C(=O)NC=O. The topological polar surface area (TPSA) is 145 Å². The summed E-state index contributed by atoms with van der Waals surface area (Å²) in [6.45, 7) is 3.38. The largest absolute Gasteiger partial charge is 0.465 e. The van der Waals surface area contributed by atoms with Gasteiger partial charge in [-0.15, -0.1) is 6.58 Å². The van der Waals surface area contributed by atoms with Crippen molar-refractivity contribution in [2.24, 2.45) is 0 Å². The fourth-order valence-corrected chi connectivity index (χ4v) is 2.42. The number of carbonyl (C=O) groups excluding carboxylic acids is 4. The molecule has 0 aromatic carbocycles. The highest BCUT2D eigenvalue weighted by molar-refractivity contribution is 5.95. The molecule has 0 aromatic heterocycles. The predicted octanol–water partition coefficient (Wildman–Crippen LogP) is -1.42. The first-order valence-electron chi connectivity index (χ1n) is 7.32. The lowest BCUT2D eigenvalue weighted by Gasteiger charge is -2.25. The summed E-state index contributed by atoms with van der Waals surface area (Å²) in [5.74, 6) is -1.74.